The third-order valence-electron chi connectivity index (χ3n) is 6.13. The second kappa shape index (κ2) is 5.71. The van der Waals surface area contributed by atoms with E-state index in [0.717, 1.165) is 6.07 Å². The summed E-state index contributed by atoms with van der Waals surface area (Å²) in [6.45, 7) is 0.415. The zero-order valence-corrected chi connectivity index (χ0v) is 15.0. The van der Waals surface area contributed by atoms with Crippen LogP contribution in [0.5, 0.6) is 0 Å². The minimum absolute atomic E-state index is 0.103. The second-order valence-corrected chi connectivity index (χ2v) is 9.97. The molecule has 1 atom stereocenters. The third kappa shape index (κ3) is 2.92. The SMILES string of the molecule is O=C([C@@H]1CC12CCS(=O)(=O)CC2)N1CCCc2c1cccc2C(F)(F)F. The Labute approximate surface area is 150 Å². The van der Waals surface area contributed by atoms with E-state index in [0.29, 0.717) is 44.3 Å². The molecule has 1 saturated heterocycles. The van der Waals surface area contributed by atoms with Crippen molar-refractivity contribution in [2.24, 2.45) is 11.3 Å². The standard InChI is InChI=1S/C18H20F3NO3S/c19-18(20,21)13-4-1-5-15-12(13)3-2-8-22(15)16(23)14-11-17(14)6-9-26(24,25)10-7-17/h1,4-5,14H,2-3,6-11H2/t14-/m0/s1. The molecule has 4 nitrogen and oxygen atoms in total. The van der Waals surface area contributed by atoms with E-state index < -0.39 is 21.6 Å². The number of benzene rings is 1. The zero-order valence-electron chi connectivity index (χ0n) is 14.2. The first-order chi connectivity index (χ1) is 12.1. The number of rotatable bonds is 1. The van der Waals surface area contributed by atoms with Crippen molar-refractivity contribution in [2.75, 3.05) is 23.0 Å². The summed E-state index contributed by atoms with van der Waals surface area (Å²) in [5.41, 5.74) is -0.370. The molecular weight excluding hydrogens is 367 g/mol. The number of alkyl halides is 3. The normalized spacial score (nSPS) is 26.4. The van der Waals surface area contributed by atoms with Gasteiger partial charge in [0.25, 0.3) is 0 Å². The largest absolute Gasteiger partial charge is 0.416 e. The Morgan fingerprint density at radius 3 is 2.54 bits per heavy atom. The molecule has 2 heterocycles. The predicted molar refractivity (Wildman–Crippen MR) is 90.5 cm³/mol. The van der Waals surface area contributed by atoms with Crippen molar-refractivity contribution in [3.8, 4) is 0 Å². The van der Waals surface area contributed by atoms with Crippen LogP contribution in [0.1, 0.15) is 36.8 Å². The Morgan fingerprint density at radius 2 is 1.88 bits per heavy atom. The molecule has 3 aliphatic rings. The van der Waals surface area contributed by atoms with Crippen molar-refractivity contribution < 1.29 is 26.4 Å². The average molecular weight is 387 g/mol. The Balaban J connectivity index is 1.59. The fourth-order valence-corrected chi connectivity index (χ4v) is 6.14. The average Bonchev–Trinajstić information content (AvgIpc) is 3.30. The molecule has 1 aromatic carbocycles. The highest BCUT2D eigenvalue weighted by Gasteiger charge is 2.60. The molecule has 2 aliphatic heterocycles. The molecule has 1 aromatic rings. The van der Waals surface area contributed by atoms with Gasteiger partial charge in [-0.3, -0.25) is 4.79 Å². The van der Waals surface area contributed by atoms with E-state index in [-0.39, 0.29) is 34.3 Å². The van der Waals surface area contributed by atoms with E-state index in [9.17, 15) is 26.4 Å². The van der Waals surface area contributed by atoms with Crippen molar-refractivity contribution >= 4 is 21.4 Å². The van der Waals surface area contributed by atoms with Gasteiger partial charge in [0.05, 0.1) is 17.1 Å². The van der Waals surface area contributed by atoms with Crippen LogP contribution >= 0.6 is 0 Å². The van der Waals surface area contributed by atoms with Gasteiger partial charge in [-0.1, -0.05) is 6.07 Å². The molecule has 8 heteroatoms. The first-order valence-electron chi connectivity index (χ1n) is 8.84. The Hall–Kier alpha value is -1.57. The summed E-state index contributed by atoms with van der Waals surface area (Å²) in [6.07, 6.45) is -2.02. The molecule has 0 radical (unpaired) electrons. The molecule has 1 amide bonds. The lowest BCUT2D eigenvalue weighted by Crippen LogP contribution is -2.39. The van der Waals surface area contributed by atoms with Gasteiger partial charge in [-0.15, -0.1) is 0 Å². The number of hydrogen-bond acceptors (Lipinski definition) is 3. The highest BCUT2D eigenvalue weighted by Crippen LogP contribution is 2.60. The summed E-state index contributed by atoms with van der Waals surface area (Å²) in [7, 11) is -3.01. The Morgan fingerprint density at radius 1 is 1.19 bits per heavy atom. The molecule has 1 saturated carbocycles. The van der Waals surface area contributed by atoms with Gasteiger partial charge in [-0.2, -0.15) is 13.2 Å². The van der Waals surface area contributed by atoms with Crippen molar-refractivity contribution in [1.82, 2.24) is 0 Å². The van der Waals surface area contributed by atoms with Gasteiger partial charge < -0.3 is 4.90 Å². The lowest BCUT2D eigenvalue weighted by atomic mass is 9.93. The minimum atomic E-state index is -4.43. The Kier molecular flexibility index (Phi) is 3.92. The van der Waals surface area contributed by atoms with E-state index in [1.165, 1.54) is 11.0 Å². The first kappa shape index (κ1) is 17.8. The van der Waals surface area contributed by atoms with Crippen LogP contribution < -0.4 is 4.90 Å². The van der Waals surface area contributed by atoms with Crippen LogP contribution in [0.3, 0.4) is 0 Å². The number of fused-ring (bicyclic) bond motifs is 1. The maximum absolute atomic E-state index is 13.3. The number of sulfone groups is 1. The highest BCUT2D eigenvalue weighted by atomic mass is 32.2. The maximum atomic E-state index is 13.3. The molecular formula is C18H20F3NO3S. The number of hydrogen-bond donors (Lipinski definition) is 0. The lowest BCUT2D eigenvalue weighted by molar-refractivity contribution is -0.138. The van der Waals surface area contributed by atoms with Crippen LogP contribution in [-0.4, -0.2) is 32.4 Å². The molecule has 0 N–H and O–H groups in total. The summed E-state index contributed by atoms with van der Waals surface area (Å²) in [5.74, 6) is -0.208. The zero-order chi connectivity index (χ0) is 18.7. The predicted octanol–water partition coefficient (Wildman–Crippen LogP) is 3.20. The number of carbonyl (C=O) groups is 1. The van der Waals surface area contributed by atoms with E-state index in [2.05, 4.69) is 0 Å². The van der Waals surface area contributed by atoms with E-state index in [1.807, 2.05) is 0 Å². The fraction of sp³-hybridized carbons (Fsp3) is 0.611. The van der Waals surface area contributed by atoms with Gasteiger partial charge in [0.15, 0.2) is 0 Å². The van der Waals surface area contributed by atoms with Gasteiger partial charge in [-0.05, 0) is 55.2 Å². The number of halogens is 3. The van der Waals surface area contributed by atoms with E-state index >= 15 is 0 Å². The summed E-state index contributed by atoms with van der Waals surface area (Å²) in [4.78, 5) is 14.5. The quantitative estimate of drug-likeness (QED) is 0.744. The monoisotopic (exact) mass is 387 g/mol. The first-order valence-corrected chi connectivity index (χ1v) is 10.7. The summed E-state index contributed by atoms with van der Waals surface area (Å²) >= 11 is 0. The van der Waals surface area contributed by atoms with Crippen LogP contribution in [0.25, 0.3) is 0 Å². The smallest absolute Gasteiger partial charge is 0.312 e. The van der Waals surface area contributed by atoms with Crippen molar-refractivity contribution in [1.29, 1.82) is 0 Å². The van der Waals surface area contributed by atoms with Crippen LogP contribution in [0.2, 0.25) is 0 Å². The number of nitrogens with zero attached hydrogens (tertiary/aromatic N) is 1. The fourth-order valence-electron chi connectivity index (χ4n) is 4.50. The molecule has 1 spiro atoms. The van der Waals surface area contributed by atoms with E-state index in [4.69, 9.17) is 0 Å². The summed E-state index contributed by atoms with van der Waals surface area (Å²) in [5, 5.41) is 0. The molecule has 26 heavy (non-hydrogen) atoms. The summed E-state index contributed by atoms with van der Waals surface area (Å²) < 4.78 is 63.1. The lowest BCUT2D eigenvalue weighted by Gasteiger charge is -2.32. The Bertz CT molecular complexity index is 849. The molecule has 0 bridgehead atoms. The van der Waals surface area contributed by atoms with Crippen LogP contribution in [0, 0.1) is 11.3 Å². The van der Waals surface area contributed by atoms with Crippen molar-refractivity contribution in [2.45, 2.75) is 38.3 Å². The number of anilines is 1. The van der Waals surface area contributed by atoms with Gasteiger partial charge in [0.2, 0.25) is 5.91 Å². The second-order valence-electron chi connectivity index (χ2n) is 7.67. The van der Waals surface area contributed by atoms with Gasteiger partial charge in [-0.25, -0.2) is 8.42 Å². The molecule has 1 aliphatic carbocycles. The van der Waals surface area contributed by atoms with Crippen molar-refractivity contribution in [3.05, 3.63) is 29.3 Å². The minimum Gasteiger partial charge on any atom is -0.312 e. The van der Waals surface area contributed by atoms with Crippen LogP contribution in [0.4, 0.5) is 18.9 Å². The highest BCUT2D eigenvalue weighted by molar-refractivity contribution is 7.91. The maximum Gasteiger partial charge on any atom is 0.416 e. The van der Waals surface area contributed by atoms with Gasteiger partial charge in [0.1, 0.15) is 9.84 Å². The van der Waals surface area contributed by atoms with Crippen LogP contribution in [-0.2, 0) is 27.2 Å². The summed E-state index contributed by atoms with van der Waals surface area (Å²) in [6, 6.07) is 4.00. The number of amides is 1. The van der Waals surface area contributed by atoms with Crippen LogP contribution in [0.15, 0.2) is 18.2 Å². The molecule has 4 rings (SSSR count). The number of carbonyl (C=O) groups excluding carboxylic acids is 1. The molecule has 2 fully saturated rings. The molecule has 142 valence electrons. The molecule has 0 unspecified atom stereocenters. The topological polar surface area (TPSA) is 54.5 Å². The van der Waals surface area contributed by atoms with E-state index in [1.54, 1.807) is 6.07 Å². The van der Waals surface area contributed by atoms with Gasteiger partial charge in [0, 0.05) is 18.2 Å². The van der Waals surface area contributed by atoms with Crippen molar-refractivity contribution in [3.63, 3.8) is 0 Å². The molecule has 0 aromatic heterocycles. The third-order valence-corrected chi connectivity index (χ3v) is 7.78. The van der Waals surface area contributed by atoms with Gasteiger partial charge >= 0.3 is 6.18 Å².